The van der Waals surface area contributed by atoms with Gasteiger partial charge in [0.25, 0.3) is 0 Å². The molecule has 1 aromatic rings. The third kappa shape index (κ3) is 4.39. The first-order chi connectivity index (χ1) is 9.46. The van der Waals surface area contributed by atoms with Crippen LogP contribution in [0.1, 0.15) is 32.8 Å². The lowest BCUT2D eigenvalue weighted by Gasteiger charge is -2.26. The summed E-state index contributed by atoms with van der Waals surface area (Å²) in [5.41, 5.74) is 0.469. The van der Waals surface area contributed by atoms with Crippen LogP contribution in [0.3, 0.4) is 0 Å². The predicted molar refractivity (Wildman–Crippen MR) is 79.2 cm³/mol. The van der Waals surface area contributed by atoms with Crippen molar-refractivity contribution in [2.45, 2.75) is 39.3 Å². The summed E-state index contributed by atoms with van der Waals surface area (Å²) >= 11 is 0. The molecule has 0 radical (unpaired) electrons. The van der Waals surface area contributed by atoms with Crippen molar-refractivity contribution >= 4 is 0 Å². The van der Waals surface area contributed by atoms with E-state index in [0.29, 0.717) is 32.2 Å². The summed E-state index contributed by atoms with van der Waals surface area (Å²) in [5, 5.41) is 13.6. The van der Waals surface area contributed by atoms with Gasteiger partial charge in [-0.3, -0.25) is 0 Å². The zero-order chi connectivity index (χ0) is 14.6. The Kier molecular flexibility index (Phi) is 4.89. The zero-order valence-electron chi connectivity index (χ0n) is 12.6. The number of aliphatic hydroxyl groups is 1. The van der Waals surface area contributed by atoms with E-state index in [1.807, 2.05) is 25.1 Å². The standard InChI is InChI=1S/C16H25NO3/c1-12(2)9-16(3,18)11-17-10-13-4-5-14-15(8-13)20-7-6-19-14/h4-5,8,12,17-18H,6-7,9-11H2,1-3H3. The van der Waals surface area contributed by atoms with Crippen molar-refractivity contribution in [1.29, 1.82) is 0 Å². The number of fused-ring (bicyclic) bond motifs is 1. The summed E-state index contributed by atoms with van der Waals surface area (Å²) in [6.07, 6.45) is 0.793. The van der Waals surface area contributed by atoms with E-state index in [1.54, 1.807) is 0 Å². The molecule has 1 heterocycles. The van der Waals surface area contributed by atoms with Crippen molar-refractivity contribution in [3.63, 3.8) is 0 Å². The lowest BCUT2D eigenvalue weighted by Crippen LogP contribution is -2.38. The molecular formula is C16H25NO3. The van der Waals surface area contributed by atoms with E-state index in [2.05, 4.69) is 19.2 Å². The number of rotatable bonds is 6. The summed E-state index contributed by atoms with van der Waals surface area (Å²) in [6, 6.07) is 5.97. The summed E-state index contributed by atoms with van der Waals surface area (Å²) < 4.78 is 11.1. The predicted octanol–water partition coefficient (Wildman–Crippen LogP) is 2.34. The van der Waals surface area contributed by atoms with Gasteiger partial charge in [-0.25, -0.2) is 0 Å². The van der Waals surface area contributed by atoms with Crippen LogP contribution in [0.2, 0.25) is 0 Å². The molecule has 4 nitrogen and oxygen atoms in total. The van der Waals surface area contributed by atoms with Crippen LogP contribution in [0.4, 0.5) is 0 Å². The Morgan fingerprint density at radius 3 is 2.65 bits per heavy atom. The van der Waals surface area contributed by atoms with Gasteiger partial charge >= 0.3 is 0 Å². The van der Waals surface area contributed by atoms with Gasteiger partial charge in [-0.15, -0.1) is 0 Å². The number of hydrogen-bond acceptors (Lipinski definition) is 4. The minimum Gasteiger partial charge on any atom is -0.486 e. The zero-order valence-corrected chi connectivity index (χ0v) is 12.6. The third-order valence-corrected chi connectivity index (χ3v) is 3.29. The van der Waals surface area contributed by atoms with Crippen molar-refractivity contribution in [2.24, 2.45) is 5.92 Å². The van der Waals surface area contributed by atoms with Crippen LogP contribution in [-0.4, -0.2) is 30.5 Å². The molecular weight excluding hydrogens is 254 g/mol. The fourth-order valence-corrected chi connectivity index (χ4v) is 2.63. The molecule has 0 aromatic heterocycles. The molecule has 4 heteroatoms. The summed E-state index contributed by atoms with van der Waals surface area (Å²) in [7, 11) is 0. The van der Waals surface area contributed by atoms with E-state index in [1.165, 1.54) is 0 Å². The minimum atomic E-state index is -0.665. The van der Waals surface area contributed by atoms with Gasteiger partial charge in [0.2, 0.25) is 0 Å². The molecule has 20 heavy (non-hydrogen) atoms. The van der Waals surface area contributed by atoms with Gasteiger partial charge in [-0.1, -0.05) is 19.9 Å². The topological polar surface area (TPSA) is 50.7 Å². The summed E-state index contributed by atoms with van der Waals surface area (Å²) in [4.78, 5) is 0. The highest BCUT2D eigenvalue weighted by molar-refractivity contribution is 5.43. The number of ether oxygens (including phenoxy) is 2. The molecule has 1 aliphatic heterocycles. The van der Waals surface area contributed by atoms with E-state index >= 15 is 0 Å². The second kappa shape index (κ2) is 6.46. The largest absolute Gasteiger partial charge is 0.486 e. The highest BCUT2D eigenvalue weighted by atomic mass is 16.6. The maximum atomic E-state index is 10.2. The average molecular weight is 279 g/mol. The molecule has 0 amide bonds. The molecule has 0 aliphatic carbocycles. The third-order valence-electron chi connectivity index (χ3n) is 3.29. The van der Waals surface area contributed by atoms with Crippen LogP contribution in [-0.2, 0) is 6.54 Å². The van der Waals surface area contributed by atoms with Crippen molar-refractivity contribution in [3.8, 4) is 11.5 Å². The first-order valence-electron chi connectivity index (χ1n) is 7.28. The first-order valence-corrected chi connectivity index (χ1v) is 7.28. The molecule has 2 N–H and O–H groups in total. The van der Waals surface area contributed by atoms with Crippen molar-refractivity contribution in [3.05, 3.63) is 23.8 Å². The highest BCUT2D eigenvalue weighted by Gasteiger charge is 2.21. The minimum absolute atomic E-state index is 0.487. The molecule has 112 valence electrons. The molecule has 1 atom stereocenters. The average Bonchev–Trinajstić information content (AvgIpc) is 2.37. The van der Waals surface area contributed by atoms with Crippen LogP contribution in [0, 0.1) is 5.92 Å². The van der Waals surface area contributed by atoms with Crippen molar-refractivity contribution in [2.75, 3.05) is 19.8 Å². The Bertz CT molecular complexity index is 443. The maximum absolute atomic E-state index is 10.2. The molecule has 1 unspecified atom stereocenters. The molecule has 0 saturated heterocycles. The SMILES string of the molecule is CC(C)CC(C)(O)CNCc1ccc2c(c1)OCCO2. The smallest absolute Gasteiger partial charge is 0.161 e. The van der Waals surface area contributed by atoms with Crippen molar-refractivity contribution in [1.82, 2.24) is 5.32 Å². The van der Waals surface area contributed by atoms with E-state index in [4.69, 9.17) is 9.47 Å². The summed E-state index contributed by atoms with van der Waals surface area (Å²) in [6.45, 7) is 8.63. The van der Waals surface area contributed by atoms with E-state index in [9.17, 15) is 5.11 Å². The van der Waals surface area contributed by atoms with Gasteiger partial charge in [0.15, 0.2) is 11.5 Å². The van der Waals surface area contributed by atoms with Crippen LogP contribution < -0.4 is 14.8 Å². The summed E-state index contributed by atoms with van der Waals surface area (Å²) in [5.74, 6) is 2.11. The Balaban J connectivity index is 1.85. The Morgan fingerprint density at radius 2 is 1.95 bits per heavy atom. The van der Waals surface area contributed by atoms with Gasteiger partial charge in [0.1, 0.15) is 13.2 Å². The van der Waals surface area contributed by atoms with Crippen LogP contribution in [0.25, 0.3) is 0 Å². The van der Waals surface area contributed by atoms with Crippen LogP contribution >= 0.6 is 0 Å². The monoisotopic (exact) mass is 279 g/mol. The van der Waals surface area contributed by atoms with Gasteiger partial charge in [-0.05, 0) is 37.0 Å². The van der Waals surface area contributed by atoms with Crippen LogP contribution in [0.5, 0.6) is 11.5 Å². The Morgan fingerprint density at radius 1 is 1.25 bits per heavy atom. The molecule has 0 fully saturated rings. The fraction of sp³-hybridized carbons (Fsp3) is 0.625. The maximum Gasteiger partial charge on any atom is 0.161 e. The molecule has 0 saturated carbocycles. The number of hydrogen-bond donors (Lipinski definition) is 2. The van der Waals surface area contributed by atoms with Crippen LogP contribution in [0.15, 0.2) is 18.2 Å². The second-order valence-electron chi connectivity index (χ2n) is 6.18. The van der Waals surface area contributed by atoms with Gasteiger partial charge in [0.05, 0.1) is 5.60 Å². The molecule has 0 spiro atoms. The van der Waals surface area contributed by atoms with Gasteiger partial charge in [0, 0.05) is 13.1 Å². The molecule has 1 aromatic carbocycles. The highest BCUT2D eigenvalue weighted by Crippen LogP contribution is 2.30. The Hall–Kier alpha value is -1.26. The fourth-order valence-electron chi connectivity index (χ4n) is 2.63. The molecule has 0 bridgehead atoms. The lowest BCUT2D eigenvalue weighted by molar-refractivity contribution is 0.0383. The Labute approximate surface area is 121 Å². The van der Waals surface area contributed by atoms with E-state index < -0.39 is 5.60 Å². The molecule has 1 aliphatic rings. The van der Waals surface area contributed by atoms with Gasteiger partial charge in [-0.2, -0.15) is 0 Å². The number of nitrogens with one attached hydrogen (secondary N) is 1. The van der Waals surface area contributed by atoms with Gasteiger partial charge < -0.3 is 19.9 Å². The lowest BCUT2D eigenvalue weighted by atomic mass is 9.94. The van der Waals surface area contributed by atoms with E-state index in [0.717, 1.165) is 23.5 Å². The van der Waals surface area contributed by atoms with Crippen molar-refractivity contribution < 1.29 is 14.6 Å². The second-order valence-corrected chi connectivity index (χ2v) is 6.18. The molecule has 2 rings (SSSR count). The quantitative estimate of drug-likeness (QED) is 0.839. The van der Waals surface area contributed by atoms with E-state index in [-0.39, 0.29) is 0 Å². The first kappa shape index (κ1) is 15.1. The number of benzene rings is 1. The normalized spacial score (nSPS) is 17.1.